The average molecular weight is 392 g/mol. The molecular weight excluding hydrogens is 364 g/mol. The van der Waals surface area contributed by atoms with E-state index in [-0.39, 0.29) is 17.6 Å². The Morgan fingerprint density at radius 3 is 2.41 bits per heavy atom. The third-order valence-electron chi connectivity index (χ3n) is 5.82. The zero-order valence-electron chi connectivity index (χ0n) is 16.8. The maximum absolute atomic E-state index is 13.0. The maximum atomic E-state index is 13.0. The van der Waals surface area contributed by atoms with Gasteiger partial charge in [-0.05, 0) is 30.4 Å². The van der Waals surface area contributed by atoms with Gasteiger partial charge in [0.2, 0.25) is 5.91 Å². The number of carbonyl (C=O) groups excluding carboxylic acids is 2. The number of nitrogens with zero attached hydrogens (tertiary/aromatic N) is 2. The number of Topliss-reactive ketones (excluding diaryl/α,β-unsaturated/α-hetero) is 1. The molecule has 0 radical (unpaired) electrons. The average Bonchev–Trinajstić information content (AvgIpc) is 3.31. The molecule has 2 heterocycles. The Morgan fingerprint density at radius 1 is 0.931 bits per heavy atom. The fraction of sp³-hybridized carbons (Fsp3) is 0.417. The SMILES string of the molecule is O=C(c1ccc(-c2ccccc2)cc1)[C@H]1CCCN(C(=O)CCN2CCCO2)C1. The number of hydrogen-bond acceptors (Lipinski definition) is 4. The van der Waals surface area contributed by atoms with E-state index in [0.29, 0.717) is 19.5 Å². The number of rotatable bonds is 6. The van der Waals surface area contributed by atoms with Gasteiger partial charge in [-0.3, -0.25) is 14.4 Å². The molecule has 0 aromatic heterocycles. The van der Waals surface area contributed by atoms with Gasteiger partial charge in [-0.2, -0.15) is 5.06 Å². The summed E-state index contributed by atoms with van der Waals surface area (Å²) in [5, 5.41) is 1.87. The predicted octanol–water partition coefficient (Wildman–Crippen LogP) is 3.80. The molecular formula is C24H28N2O3. The normalized spacial score (nSPS) is 20.0. The molecule has 4 rings (SSSR count). The molecule has 0 N–H and O–H groups in total. The van der Waals surface area contributed by atoms with Crippen LogP contribution in [-0.2, 0) is 9.63 Å². The highest BCUT2D eigenvalue weighted by atomic mass is 16.7. The molecule has 29 heavy (non-hydrogen) atoms. The van der Waals surface area contributed by atoms with Crippen LogP contribution in [0.2, 0.25) is 0 Å². The van der Waals surface area contributed by atoms with E-state index in [4.69, 9.17) is 4.84 Å². The van der Waals surface area contributed by atoms with Gasteiger partial charge in [0.25, 0.3) is 0 Å². The van der Waals surface area contributed by atoms with Crippen molar-refractivity contribution in [3.8, 4) is 11.1 Å². The van der Waals surface area contributed by atoms with Crippen LogP contribution in [0.3, 0.4) is 0 Å². The van der Waals surface area contributed by atoms with Crippen molar-refractivity contribution >= 4 is 11.7 Å². The second-order valence-electron chi connectivity index (χ2n) is 7.85. The summed E-state index contributed by atoms with van der Waals surface area (Å²) < 4.78 is 0. The number of ketones is 1. The van der Waals surface area contributed by atoms with Crippen LogP contribution in [0, 0.1) is 5.92 Å². The summed E-state index contributed by atoms with van der Waals surface area (Å²) in [6.45, 7) is 3.55. The summed E-state index contributed by atoms with van der Waals surface area (Å²) in [5.41, 5.74) is 2.98. The molecule has 5 heteroatoms. The number of likely N-dealkylation sites (tertiary alicyclic amines) is 1. The fourth-order valence-corrected chi connectivity index (χ4v) is 4.16. The maximum Gasteiger partial charge on any atom is 0.223 e. The molecule has 5 nitrogen and oxygen atoms in total. The summed E-state index contributed by atoms with van der Waals surface area (Å²) in [6, 6.07) is 18.0. The lowest BCUT2D eigenvalue weighted by atomic mass is 9.89. The third-order valence-corrected chi connectivity index (χ3v) is 5.82. The van der Waals surface area contributed by atoms with Gasteiger partial charge >= 0.3 is 0 Å². The van der Waals surface area contributed by atoms with E-state index in [1.807, 2.05) is 52.4 Å². The number of hydrogen-bond donors (Lipinski definition) is 0. The molecule has 0 aliphatic carbocycles. The van der Waals surface area contributed by atoms with Crippen molar-refractivity contribution in [2.45, 2.75) is 25.7 Å². The lowest BCUT2D eigenvalue weighted by molar-refractivity contribution is -0.139. The first-order valence-electron chi connectivity index (χ1n) is 10.6. The molecule has 0 spiro atoms. The van der Waals surface area contributed by atoms with E-state index in [2.05, 4.69) is 12.1 Å². The Hall–Kier alpha value is -2.50. The van der Waals surface area contributed by atoms with Crippen LogP contribution >= 0.6 is 0 Å². The standard InChI is InChI=1S/C24H28N2O3/c27-23(13-16-26-15-5-17-29-26)25-14-4-8-22(18-25)24(28)21-11-9-20(10-12-21)19-6-2-1-3-7-19/h1-3,6-7,9-12,22H,4-5,8,13-18H2/t22-/m0/s1. The zero-order valence-corrected chi connectivity index (χ0v) is 16.8. The molecule has 1 atom stereocenters. The largest absolute Gasteiger partial charge is 0.342 e. The summed E-state index contributed by atoms with van der Waals surface area (Å²) in [4.78, 5) is 32.9. The van der Waals surface area contributed by atoms with Crippen molar-refractivity contribution in [2.24, 2.45) is 5.92 Å². The number of piperidine rings is 1. The molecule has 2 saturated heterocycles. The molecule has 2 aliphatic heterocycles. The van der Waals surface area contributed by atoms with Gasteiger partial charge in [0.05, 0.1) is 6.61 Å². The van der Waals surface area contributed by atoms with E-state index >= 15 is 0 Å². The van der Waals surface area contributed by atoms with Crippen LogP contribution in [0.15, 0.2) is 54.6 Å². The molecule has 2 aromatic rings. The molecule has 0 unspecified atom stereocenters. The first kappa shape index (κ1) is 19.8. The summed E-state index contributed by atoms with van der Waals surface area (Å²) >= 11 is 0. The highest BCUT2D eigenvalue weighted by Crippen LogP contribution is 2.24. The number of amides is 1. The van der Waals surface area contributed by atoms with Crippen LogP contribution in [0.1, 0.15) is 36.0 Å². The van der Waals surface area contributed by atoms with Crippen molar-refractivity contribution in [2.75, 3.05) is 32.8 Å². The van der Waals surface area contributed by atoms with E-state index in [1.54, 1.807) is 0 Å². The van der Waals surface area contributed by atoms with E-state index < -0.39 is 0 Å². The Bertz CT molecular complexity index is 829. The second kappa shape index (κ2) is 9.33. The van der Waals surface area contributed by atoms with Crippen molar-refractivity contribution in [1.29, 1.82) is 0 Å². The number of benzene rings is 2. The molecule has 2 aromatic carbocycles. The number of hydroxylamine groups is 2. The van der Waals surface area contributed by atoms with Crippen LogP contribution in [0.5, 0.6) is 0 Å². The van der Waals surface area contributed by atoms with Gasteiger partial charge in [0.15, 0.2) is 5.78 Å². The molecule has 1 amide bonds. The van der Waals surface area contributed by atoms with Gasteiger partial charge < -0.3 is 4.90 Å². The Labute approximate surface area is 172 Å². The smallest absolute Gasteiger partial charge is 0.223 e. The Morgan fingerprint density at radius 2 is 1.69 bits per heavy atom. The first-order valence-corrected chi connectivity index (χ1v) is 10.6. The Kier molecular flexibility index (Phi) is 6.37. The van der Waals surface area contributed by atoms with Crippen LogP contribution in [0.25, 0.3) is 11.1 Å². The molecule has 0 bridgehead atoms. The lowest BCUT2D eigenvalue weighted by Gasteiger charge is -2.32. The first-order chi connectivity index (χ1) is 14.2. The third kappa shape index (κ3) is 4.92. The topological polar surface area (TPSA) is 49.9 Å². The van der Waals surface area contributed by atoms with Crippen molar-refractivity contribution < 1.29 is 14.4 Å². The highest BCUT2D eigenvalue weighted by Gasteiger charge is 2.29. The quantitative estimate of drug-likeness (QED) is 0.702. The van der Waals surface area contributed by atoms with Crippen LogP contribution in [-0.4, -0.2) is 54.4 Å². The molecule has 2 aliphatic rings. The van der Waals surface area contributed by atoms with Gasteiger partial charge in [-0.1, -0.05) is 54.6 Å². The van der Waals surface area contributed by atoms with Crippen LogP contribution in [0.4, 0.5) is 0 Å². The predicted molar refractivity (Wildman–Crippen MR) is 112 cm³/mol. The second-order valence-corrected chi connectivity index (χ2v) is 7.85. The minimum atomic E-state index is -0.113. The van der Waals surface area contributed by atoms with Crippen LogP contribution < -0.4 is 0 Å². The fourth-order valence-electron chi connectivity index (χ4n) is 4.16. The molecule has 2 fully saturated rings. The summed E-state index contributed by atoms with van der Waals surface area (Å²) in [6.07, 6.45) is 3.20. The van der Waals surface area contributed by atoms with E-state index in [0.717, 1.165) is 55.6 Å². The Balaban J connectivity index is 1.35. The molecule has 0 saturated carbocycles. The monoisotopic (exact) mass is 392 g/mol. The number of carbonyl (C=O) groups is 2. The van der Waals surface area contributed by atoms with Crippen molar-refractivity contribution in [3.63, 3.8) is 0 Å². The molecule has 152 valence electrons. The van der Waals surface area contributed by atoms with Gasteiger partial charge in [-0.25, -0.2) is 0 Å². The minimum absolute atomic E-state index is 0.113. The highest BCUT2D eigenvalue weighted by molar-refractivity contribution is 5.98. The van der Waals surface area contributed by atoms with Crippen molar-refractivity contribution in [1.82, 2.24) is 9.96 Å². The lowest BCUT2D eigenvalue weighted by Crippen LogP contribution is -2.43. The van der Waals surface area contributed by atoms with Gasteiger partial charge in [0.1, 0.15) is 0 Å². The van der Waals surface area contributed by atoms with Gasteiger partial charge in [0, 0.05) is 44.1 Å². The zero-order chi connectivity index (χ0) is 20.1. The van der Waals surface area contributed by atoms with Crippen molar-refractivity contribution in [3.05, 3.63) is 60.2 Å². The van der Waals surface area contributed by atoms with E-state index in [9.17, 15) is 9.59 Å². The summed E-state index contributed by atoms with van der Waals surface area (Å²) in [5.74, 6) is 0.153. The van der Waals surface area contributed by atoms with E-state index in [1.165, 1.54) is 0 Å². The summed E-state index contributed by atoms with van der Waals surface area (Å²) in [7, 11) is 0. The minimum Gasteiger partial charge on any atom is -0.342 e. The van der Waals surface area contributed by atoms with Gasteiger partial charge in [-0.15, -0.1) is 0 Å².